The van der Waals surface area contributed by atoms with Gasteiger partial charge in [-0.15, -0.1) is 0 Å². The highest BCUT2D eigenvalue weighted by atomic mass is 32.2. The van der Waals surface area contributed by atoms with E-state index in [0.29, 0.717) is 5.75 Å². The van der Waals surface area contributed by atoms with Gasteiger partial charge in [-0.3, -0.25) is 4.79 Å². The van der Waals surface area contributed by atoms with Crippen LogP contribution in [0.25, 0.3) is 0 Å². The molecule has 0 bridgehead atoms. The van der Waals surface area contributed by atoms with E-state index in [-0.39, 0.29) is 22.9 Å². The molecule has 0 aromatic heterocycles. The van der Waals surface area contributed by atoms with Gasteiger partial charge in [0.2, 0.25) is 26.0 Å². The number of nitrogens with zero attached hydrogens (tertiary/aromatic N) is 1. The zero-order chi connectivity index (χ0) is 20.5. The van der Waals surface area contributed by atoms with Gasteiger partial charge in [0.1, 0.15) is 5.75 Å². The zero-order valence-corrected chi connectivity index (χ0v) is 17.0. The van der Waals surface area contributed by atoms with Crippen molar-refractivity contribution >= 4 is 31.6 Å². The molecule has 1 atom stereocenters. The minimum atomic E-state index is -3.80. The maximum Gasteiger partial charge on any atom is 0.244 e. The van der Waals surface area contributed by atoms with Crippen molar-refractivity contribution in [3.8, 4) is 5.75 Å². The predicted molar refractivity (Wildman–Crippen MR) is 104 cm³/mol. The Kier molecular flexibility index (Phi) is 5.46. The van der Waals surface area contributed by atoms with E-state index in [1.807, 2.05) is 0 Å². The van der Waals surface area contributed by atoms with Gasteiger partial charge in [0.05, 0.1) is 29.4 Å². The number of nitrogens with one attached hydrogen (secondary N) is 1. The average molecular weight is 425 g/mol. The number of benzene rings is 2. The average Bonchev–Trinajstić information content (AvgIpc) is 2.87. The maximum atomic E-state index is 12.5. The van der Waals surface area contributed by atoms with Crippen molar-refractivity contribution in [2.45, 2.75) is 18.4 Å². The highest BCUT2D eigenvalue weighted by Gasteiger charge is 2.41. The first-order chi connectivity index (χ1) is 13.1. The topological polar surface area (TPSA) is 110 Å². The molecule has 1 aliphatic rings. The smallest absolute Gasteiger partial charge is 0.244 e. The molecule has 1 fully saturated rings. The predicted octanol–water partition coefficient (Wildman–Crippen LogP) is 1.49. The van der Waals surface area contributed by atoms with Gasteiger partial charge in [-0.25, -0.2) is 25.9 Å². The lowest BCUT2D eigenvalue weighted by Crippen LogP contribution is -2.30. The van der Waals surface area contributed by atoms with Crippen molar-refractivity contribution in [3.63, 3.8) is 0 Å². The number of hydrogen-bond donors (Lipinski definition) is 1. The normalized spacial score (nSPS) is 19.0. The van der Waals surface area contributed by atoms with Gasteiger partial charge >= 0.3 is 0 Å². The minimum absolute atomic E-state index is 0.0261. The van der Waals surface area contributed by atoms with E-state index in [9.17, 15) is 21.6 Å². The summed E-state index contributed by atoms with van der Waals surface area (Å²) in [4.78, 5) is 12.1. The summed E-state index contributed by atoms with van der Waals surface area (Å²) in [5, 5.41) is 0. The molecular weight excluding hydrogens is 404 g/mol. The van der Waals surface area contributed by atoms with Crippen LogP contribution in [0.4, 0.5) is 5.69 Å². The molecule has 1 heterocycles. The number of amides is 1. The van der Waals surface area contributed by atoms with E-state index in [1.165, 1.54) is 24.3 Å². The SMILES string of the molecule is COc1ccc(CNS(=O)(=O)c2ccc(N3C(=O)[C@H](C)CS3(=O)=O)cc2)cc1. The molecule has 3 rings (SSSR count). The third kappa shape index (κ3) is 4.03. The Hall–Kier alpha value is -2.43. The number of sulfonamides is 2. The zero-order valence-electron chi connectivity index (χ0n) is 15.3. The Labute approximate surface area is 164 Å². The Morgan fingerprint density at radius 1 is 1.11 bits per heavy atom. The Balaban J connectivity index is 1.75. The van der Waals surface area contributed by atoms with Gasteiger partial charge in [0.25, 0.3) is 0 Å². The highest BCUT2D eigenvalue weighted by molar-refractivity contribution is 7.94. The van der Waals surface area contributed by atoms with E-state index in [0.717, 1.165) is 9.87 Å². The van der Waals surface area contributed by atoms with Gasteiger partial charge < -0.3 is 4.74 Å². The summed E-state index contributed by atoms with van der Waals surface area (Å²) in [5.74, 6) is -0.731. The summed E-state index contributed by atoms with van der Waals surface area (Å²) >= 11 is 0. The summed E-state index contributed by atoms with van der Waals surface area (Å²) in [7, 11) is -5.99. The van der Waals surface area contributed by atoms with E-state index in [2.05, 4.69) is 4.72 Å². The number of ether oxygens (including phenoxy) is 1. The molecule has 10 heteroatoms. The van der Waals surface area contributed by atoms with Crippen molar-refractivity contribution in [1.29, 1.82) is 0 Å². The number of anilines is 1. The van der Waals surface area contributed by atoms with Gasteiger partial charge in [-0.2, -0.15) is 0 Å². The molecule has 8 nitrogen and oxygen atoms in total. The molecule has 1 saturated heterocycles. The fourth-order valence-corrected chi connectivity index (χ4v) is 5.69. The fraction of sp³-hybridized carbons (Fsp3) is 0.278. The van der Waals surface area contributed by atoms with Gasteiger partial charge in [0, 0.05) is 6.54 Å². The Bertz CT molecular complexity index is 1080. The molecular formula is C18H20N2O6S2. The molecule has 1 aliphatic heterocycles. The van der Waals surface area contributed by atoms with Crippen molar-refractivity contribution in [2.24, 2.45) is 5.92 Å². The third-order valence-electron chi connectivity index (χ3n) is 4.37. The number of methoxy groups -OCH3 is 1. The van der Waals surface area contributed by atoms with E-state index in [1.54, 1.807) is 38.3 Å². The van der Waals surface area contributed by atoms with Crippen LogP contribution >= 0.6 is 0 Å². The second-order valence-corrected chi connectivity index (χ2v) is 10.1. The largest absolute Gasteiger partial charge is 0.497 e. The molecule has 0 aliphatic carbocycles. The molecule has 2 aromatic rings. The minimum Gasteiger partial charge on any atom is -0.497 e. The van der Waals surface area contributed by atoms with Crippen LogP contribution in [0, 0.1) is 5.92 Å². The van der Waals surface area contributed by atoms with Crippen molar-refractivity contribution in [1.82, 2.24) is 4.72 Å². The third-order valence-corrected chi connectivity index (χ3v) is 7.65. The lowest BCUT2D eigenvalue weighted by Gasteiger charge is -2.15. The number of carbonyl (C=O) groups is 1. The fourth-order valence-electron chi connectivity index (χ4n) is 2.85. The van der Waals surface area contributed by atoms with Gasteiger partial charge in [0.15, 0.2) is 0 Å². The second kappa shape index (κ2) is 7.53. The Morgan fingerprint density at radius 2 is 1.71 bits per heavy atom. The molecule has 150 valence electrons. The molecule has 28 heavy (non-hydrogen) atoms. The van der Waals surface area contributed by atoms with Crippen LogP contribution in [0.2, 0.25) is 0 Å². The van der Waals surface area contributed by atoms with Crippen LogP contribution in [-0.2, 0) is 31.4 Å². The molecule has 0 spiro atoms. The summed E-state index contributed by atoms with van der Waals surface area (Å²) < 4.78 is 57.5. The van der Waals surface area contributed by atoms with Crippen LogP contribution in [0.15, 0.2) is 53.4 Å². The maximum absolute atomic E-state index is 12.5. The van der Waals surface area contributed by atoms with E-state index in [4.69, 9.17) is 4.74 Å². The van der Waals surface area contributed by atoms with Crippen LogP contribution < -0.4 is 13.8 Å². The molecule has 0 saturated carbocycles. The lowest BCUT2D eigenvalue weighted by molar-refractivity contribution is -0.119. The monoisotopic (exact) mass is 424 g/mol. The van der Waals surface area contributed by atoms with Crippen LogP contribution in [-0.4, -0.2) is 35.6 Å². The van der Waals surface area contributed by atoms with Crippen molar-refractivity contribution in [3.05, 3.63) is 54.1 Å². The summed E-state index contributed by atoms with van der Waals surface area (Å²) in [5.41, 5.74) is 0.882. The first-order valence-corrected chi connectivity index (χ1v) is 11.5. The summed E-state index contributed by atoms with van der Waals surface area (Å²) in [6.45, 7) is 1.63. The Morgan fingerprint density at radius 3 is 2.21 bits per heavy atom. The lowest BCUT2D eigenvalue weighted by atomic mass is 10.2. The first kappa shape index (κ1) is 20.3. The summed E-state index contributed by atoms with van der Waals surface area (Å²) in [6.07, 6.45) is 0. The van der Waals surface area contributed by atoms with Gasteiger partial charge in [-0.05, 0) is 42.0 Å². The molecule has 0 radical (unpaired) electrons. The quantitative estimate of drug-likeness (QED) is 0.752. The first-order valence-electron chi connectivity index (χ1n) is 8.43. The van der Waals surface area contributed by atoms with Crippen LogP contribution in [0.3, 0.4) is 0 Å². The molecule has 1 amide bonds. The second-order valence-electron chi connectivity index (χ2n) is 6.45. The standard InChI is InChI=1S/C18H20N2O6S2/c1-13-12-27(22,23)20(18(13)21)15-5-9-17(10-6-15)28(24,25)19-11-14-3-7-16(26-2)8-4-14/h3-10,13,19H,11-12H2,1-2H3/t13-/m1/s1. The van der Waals surface area contributed by atoms with E-state index >= 15 is 0 Å². The highest BCUT2D eigenvalue weighted by Crippen LogP contribution is 2.29. The number of rotatable bonds is 6. The molecule has 1 N–H and O–H groups in total. The summed E-state index contributed by atoms with van der Waals surface area (Å²) in [6, 6.07) is 12.1. The van der Waals surface area contributed by atoms with Crippen molar-refractivity contribution < 1.29 is 26.4 Å². The number of hydrogen-bond acceptors (Lipinski definition) is 6. The van der Waals surface area contributed by atoms with Crippen molar-refractivity contribution in [2.75, 3.05) is 17.2 Å². The van der Waals surface area contributed by atoms with Crippen LogP contribution in [0.1, 0.15) is 12.5 Å². The van der Waals surface area contributed by atoms with Crippen LogP contribution in [0.5, 0.6) is 5.75 Å². The molecule has 2 aromatic carbocycles. The molecule has 0 unspecified atom stereocenters. The van der Waals surface area contributed by atoms with E-state index < -0.39 is 31.9 Å². The number of carbonyl (C=O) groups excluding carboxylic acids is 1. The van der Waals surface area contributed by atoms with Gasteiger partial charge in [-0.1, -0.05) is 19.1 Å².